The summed E-state index contributed by atoms with van der Waals surface area (Å²) >= 11 is 0. The Hall–Kier alpha value is -0.0800. The summed E-state index contributed by atoms with van der Waals surface area (Å²) in [4.78, 5) is 0. The molecule has 2 aliphatic carbocycles. The van der Waals surface area contributed by atoms with E-state index in [1.54, 1.807) is 0 Å². The summed E-state index contributed by atoms with van der Waals surface area (Å²) in [6.45, 7) is 3.18. The van der Waals surface area contributed by atoms with E-state index in [4.69, 9.17) is 9.47 Å². The summed E-state index contributed by atoms with van der Waals surface area (Å²) in [5, 5.41) is 0. The van der Waals surface area contributed by atoms with Crippen LogP contribution >= 0.6 is 0 Å². The SMILES string of the molecule is CO[C@]1(C)CCOC2(CC2)C12CC2. The molecule has 1 saturated heterocycles. The van der Waals surface area contributed by atoms with Crippen LogP contribution in [0.2, 0.25) is 0 Å². The molecule has 0 aromatic rings. The molecule has 2 saturated carbocycles. The lowest BCUT2D eigenvalue weighted by molar-refractivity contribution is -0.186. The predicted octanol–water partition coefficient (Wildman–Crippen LogP) is 2.12. The van der Waals surface area contributed by atoms with Crippen LogP contribution in [0, 0.1) is 5.41 Å². The van der Waals surface area contributed by atoms with Crippen molar-refractivity contribution in [3.8, 4) is 0 Å². The molecule has 0 aromatic carbocycles. The van der Waals surface area contributed by atoms with Crippen LogP contribution in [-0.4, -0.2) is 24.9 Å². The van der Waals surface area contributed by atoms with E-state index in [9.17, 15) is 0 Å². The number of methoxy groups -OCH3 is 1. The van der Waals surface area contributed by atoms with Crippen LogP contribution in [0.4, 0.5) is 0 Å². The summed E-state index contributed by atoms with van der Waals surface area (Å²) in [6, 6.07) is 0. The third kappa shape index (κ3) is 0.774. The molecular formula is C11H18O2. The van der Waals surface area contributed by atoms with Gasteiger partial charge in [0.25, 0.3) is 0 Å². The van der Waals surface area contributed by atoms with Crippen LogP contribution in [-0.2, 0) is 9.47 Å². The van der Waals surface area contributed by atoms with Crippen LogP contribution in [0.25, 0.3) is 0 Å². The maximum absolute atomic E-state index is 5.97. The lowest BCUT2D eigenvalue weighted by Gasteiger charge is -2.46. The molecule has 0 unspecified atom stereocenters. The summed E-state index contributed by atoms with van der Waals surface area (Å²) in [6.07, 6.45) is 6.25. The molecule has 1 heterocycles. The van der Waals surface area contributed by atoms with E-state index in [1.807, 2.05) is 7.11 Å². The largest absolute Gasteiger partial charge is 0.378 e. The molecule has 0 amide bonds. The van der Waals surface area contributed by atoms with E-state index in [1.165, 1.54) is 25.7 Å². The van der Waals surface area contributed by atoms with Gasteiger partial charge >= 0.3 is 0 Å². The summed E-state index contributed by atoms with van der Waals surface area (Å²) in [7, 11) is 1.86. The molecule has 0 radical (unpaired) electrons. The second kappa shape index (κ2) is 2.12. The van der Waals surface area contributed by atoms with Crippen LogP contribution in [0.5, 0.6) is 0 Å². The number of fused-ring (bicyclic) bond motifs is 1. The normalized spacial score (nSPS) is 43.8. The first kappa shape index (κ1) is 8.25. The van der Waals surface area contributed by atoms with Crippen LogP contribution in [0.1, 0.15) is 39.0 Å². The smallest absolute Gasteiger partial charge is 0.0768 e. The van der Waals surface area contributed by atoms with Crippen molar-refractivity contribution in [2.45, 2.75) is 50.2 Å². The number of ether oxygens (including phenoxy) is 2. The van der Waals surface area contributed by atoms with Gasteiger partial charge in [-0.15, -0.1) is 0 Å². The minimum atomic E-state index is 0.0990. The fourth-order valence-electron chi connectivity index (χ4n) is 3.44. The van der Waals surface area contributed by atoms with Gasteiger partial charge in [-0.05, 0) is 32.6 Å². The number of hydrogen-bond acceptors (Lipinski definition) is 2. The van der Waals surface area contributed by atoms with Gasteiger partial charge in [0, 0.05) is 18.9 Å². The Morgan fingerprint density at radius 1 is 1.08 bits per heavy atom. The first-order valence-corrected chi connectivity index (χ1v) is 5.37. The first-order chi connectivity index (χ1) is 6.18. The fraction of sp³-hybridized carbons (Fsp3) is 1.00. The Morgan fingerprint density at radius 2 is 1.77 bits per heavy atom. The molecule has 3 fully saturated rings. The van der Waals surface area contributed by atoms with Gasteiger partial charge < -0.3 is 9.47 Å². The maximum Gasteiger partial charge on any atom is 0.0768 e. The van der Waals surface area contributed by atoms with Crippen LogP contribution < -0.4 is 0 Å². The minimum absolute atomic E-state index is 0.0990. The van der Waals surface area contributed by atoms with Gasteiger partial charge in [0.1, 0.15) is 0 Å². The van der Waals surface area contributed by atoms with Gasteiger partial charge in [-0.25, -0.2) is 0 Å². The topological polar surface area (TPSA) is 18.5 Å². The highest BCUT2D eigenvalue weighted by atomic mass is 16.5. The summed E-state index contributed by atoms with van der Waals surface area (Å²) < 4.78 is 11.7. The second-order valence-electron chi connectivity index (χ2n) is 5.11. The molecule has 74 valence electrons. The van der Waals surface area contributed by atoms with E-state index in [0.29, 0.717) is 5.41 Å². The first-order valence-electron chi connectivity index (χ1n) is 5.37. The number of rotatable bonds is 1. The molecule has 0 bridgehead atoms. The van der Waals surface area contributed by atoms with Gasteiger partial charge in [0.2, 0.25) is 0 Å². The zero-order valence-corrected chi connectivity index (χ0v) is 8.56. The lowest BCUT2D eigenvalue weighted by atomic mass is 9.75. The Morgan fingerprint density at radius 3 is 2.23 bits per heavy atom. The average molecular weight is 182 g/mol. The lowest BCUT2D eigenvalue weighted by Crippen LogP contribution is -2.52. The standard InChI is InChI=1S/C11H18O2/c1-9(12-2)7-8-13-11(5-6-11)10(9)3-4-10/h3-8H2,1-2H3/t9-/m1/s1. The molecule has 2 spiro atoms. The van der Waals surface area contributed by atoms with Crippen molar-refractivity contribution < 1.29 is 9.47 Å². The van der Waals surface area contributed by atoms with E-state index in [2.05, 4.69) is 6.92 Å². The molecule has 13 heavy (non-hydrogen) atoms. The van der Waals surface area contributed by atoms with Gasteiger partial charge in [-0.2, -0.15) is 0 Å². The minimum Gasteiger partial charge on any atom is -0.378 e. The fourth-order valence-corrected chi connectivity index (χ4v) is 3.44. The van der Waals surface area contributed by atoms with Crippen molar-refractivity contribution in [2.75, 3.05) is 13.7 Å². The molecule has 2 heteroatoms. The highest BCUT2D eigenvalue weighted by Crippen LogP contribution is 2.73. The average Bonchev–Trinajstić information content (AvgIpc) is 2.95. The summed E-state index contributed by atoms with van der Waals surface area (Å²) in [5.41, 5.74) is 0.741. The van der Waals surface area contributed by atoms with Gasteiger partial charge in [-0.3, -0.25) is 0 Å². The van der Waals surface area contributed by atoms with E-state index in [0.717, 1.165) is 13.0 Å². The molecule has 1 aliphatic heterocycles. The predicted molar refractivity (Wildman–Crippen MR) is 49.6 cm³/mol. The highest BCUT2D eigenvalue weighted by Gasteiger charge is 2.75. The zero-order chi connectivity index (χ0) is 9.16. The molecule has 0 N–H and O–H groups in total. The van der Waals surface area contributed by atoms with E-state index in [-0.39, 0.29) is 11.2 Å². The Labute approximate surface area is 79.6 Å². The van der Waals surface area contributed by atoms with Crippen molar-refractivity contribution in [3.63, 3.8) is 0 Å². The van der Waals surface area contributed by atoms with Crippen molar-refractivity contribution in [3.05, 3.63) is 0 Å². The second-order valence-corrected chi connectivity index (χ2v) is 5.11. The van der Waals surface area contributed by atoms with Crippen molar-refractivity contribution in [2.24, 2.45) is 5.41 Å². The summed E-state index contributed by atoms with van der Waals surface area (Å²) in [5.74, 6) is 0. The Bertz CT molecular complexity index is 240. The third-order valence-corrected chi connectivity index (χ3v) is 4.75. The quantitative estimate of drug-likeness (QED) is 0.618. The zero-order valence-electron chi connectivity index (χ0n) is 8.56. The molecule has 3 rings (SSSR count). The van der Waals surface area contributed by atoms with Crippen molar-refractivity contribution in [1.82, 2.24) is 0 Å². The van der Waals surface area contributed by atoms with Crippen LogP contribution in [0.15, 0.2) is 0 Å². The third-order valence-electron chi connectivity index (χ3n) is 4.75. The molecular weight excluding hydrogens is 164 g/mol. The van der Waals surface area contributed by atoms with Crippen molar-refractivity contribution >= 4 is 0 Å². The van der Waals surface area contributed by atoms with Gasteiger partial charge in [0.05, 0.1) is 17.8 Å². The molecule has 1 atom stereocenters. The highest BCUT2D eigenvalue weighted by molar-refractivity contribution is 5.25. The van der Waals surface area contributed by atoms with E-state index < -0.39 is 0 Å². The Balaban J connectivity index is 1.97. The Kier molecular flexibility index (Phi) is 1.34. The van der Waals surface area contributed by atoms with Gasteiger partial charge in [0.15, 0.2) is 0 Å². The van der Waals surface area contributed by atoms with Gasteiger partial charge in [-0.1, -0.05) is 0 Å². The van der Waals surface area contributed by atoms with Crippen LogP contribution in [0.3, 0.4) is 0 Å². The monoisotopic (exact) mass is 182 g/mol. The molecule has 3 aliphatic rings. The van der Waals surface area contributed by atoms with Crippen molar-refractivity contribution in [1.29, 1.82) is 0 Å². The van der Waals surface area contributed by atoms with E-state index >= 15 is 0 Å². The molecule has 2 nitrogen and oxygen atoms in total. The molecule has 0 aromatic heterocycles. The number of hydrogen-bond donors (Lipinski definition) is 0. The maximum atomic E-state index is 5.97.